The van der Waals surface area contributed by atoms with Crippen molar-refractivity contribution >= 4 is 11.4 Å². The van der Waals surface area contributed by atoms with E-state index in [4.69, 9.17) is 15.7 Å². The molecule has 1 aromatic rings. The van der Waals surface area contributed by atoms with Gasteiger partial charge in [0.1, 0.15) is 18.2 Å². The molecule has 0 saturated carbocycles. The fraction of sp³-hybridized carbons (Fsp3) is 0.417. The van der Waals surface area contributed by atoms with Crippen LogP contribution in [0.2, 0.25) is 0 Å². The van der Waals surface area contributed by atoms with Crippen molar-refractivity contribution in [1.82, 2.24) is 0 Å². The highest BCUT2D eigenvalue weighted by Crippen LogP contribution is 2.41. The predicted molar refractivity (Wildman–Crippen MR) is 61.4 cm³/mol. The van der Waals surface area contributed by atoms with Crippen molar-refractivity contribution in [2.24, 2.45) is 0 Å². The second-order valence-corrected chi connectivity index (χ2v) is 4.29. The third-order valence-corrected chi connectivity index (χ3v) is 3.39. The van der Waals surface area contributed by atoms with Gasteiger partial charge < -0.3 is 15.4 Å². The number of nitrogens with zero attached hydrogens (tertiary/aromatic N) is 2. The Hall–Kier alpha value is -1.89. The van der Waals surface area contributed by atoms with E-state index in [0.29, 0.717) is 29.6 Å². The maximum Gasteiger partial charge on any atom is 0.162 e. The fourth-order valence-corrected chi connectivity index (χ4v) is 2.58. The van der Waals surface area contributed by atoms with Crippen LogP contribution in [0.3, 0.4) is 0 Å². The zero-order valence-corrected chi connectivity index (χ0v) is 8.94. The Morgan fingerprint density at radius 2 is 2.38 bits per heavy atom. The lowest BCUT2D eigenvalue weighted by molar-refractivity contribution is 0.271. The summed E-state index contributed by atoms with van der Waals surface area (Å²) in [5, 5.41) is 9.09. The molecule has 16 heavy (non-hydrogen) atoms. The summed E-state index contributed by atoms with van der Waals surface area (Å²) in [4.78, 5) is 2.33. The molecular formula is C12H13N3O. The number of fused-ring (bicyclic) bond motifs is 3. The van der Waals surface area contributed by atoms with Gasteiger partial charge in [-0.05, 0) is 25.0 Å². The zero-order chi connectivity index (χ0) is 11.1. The molecule has 0 aromatic heterocycles. The van der Waals surface area contributed by atoms with Crippen LogP contribution >= 0.6 is 0 Å². The quantitative estimate of drug-likeness (QED) is 0.666. The van der Waals surface area contributed by atoms with E-state index >= 15 is 0 Å². The van der Waals surface area contributed by atoms with E-state index in [1.165, 1.54) is 12.8 Å². The summed E-state index contributed by atoms with van der Waals surface area (Å²) in [6, 6.07) is 6.36. The lowest BCUT2D eigenvalue weighted by Gasteiger charge is -2.34. The Morgan fingerprint density at radius 1 is 1.50 bits per heavy atom. The average Bonchev–Trinajstić information content (AvgIpc) is 2.76. The largest absolute Gasteiger partial charge is 0.488 e. The van der Waals surface area contributed by atoms with Crippen LogP contribution in [0.4, 0.5) is 11.4 Å². The molecule has 2 aliphatic heterocycles. The molecule has 0 unspecified atom stereocenters. The summed E-state index contributed by atoms with van der Waals surface area (Å²) in [6.45, 7) is 1.72. The number of nitrogens with two attached hydrogens (primary N) is 1. The van der Waals surface area contributed by atoms with Crippen LogP contribution < -0.4 is 15.4 Å². The minimum atomic E-state index is 0.475. The van der Waals surface area contributed by atoms with Crippen molar-refractivity contribution in [2.75, 3.05) is 23.8 Å². The van der Waals surface area contributed by atoms with E-state index in [0.717, 1.165) is 12.2 Å². The summed E-state index contributed by atoms with van der Waals surface area (Å²) in [7, 11) is 0. The van der Waals surface area contributed by atoms with Crippen LogP contribution in [-0.2, 0) is 0 Å². The van der Waals surface area contributed by atoms with Crippen LogP contribution in [0, 0.1) is 11.3 Å². The number of nitrogen functional groups attached to an aromatic ring is 1. The van der Waals surface area contributed by atoms with Crippen LogP contribution in [-0.4, -0.2) is 19.2 Å². The SMILES string of the molecule is N#Cc1c(N)ccc2c1OC[C@H]1CCCN21. The van der Waals surface area contributed by atoms with Gasteiger partial charge in [0, 0.05) is 6.54 Å². The fourth-order valence-electron chi connectivity index (χ4n) is 2.58. The number of hydrogen-bond acceptors (Lipinski definition) is 4. The Labute approximate surface area is 94.2 Å². The first-order chi connectivity index (χ1) is 7.81. The van der Waals surface area contributed by atoms with Gasteiger partial charge in [0.05, 0.1) is 17.4 Å². The number of ether oxygens (including phenoxy) is 1. The first kappa shape index (κ1) is 9.34. The number of hydrogen-bond donors (Lipinski definition) is 1. The standard InChI is InChI=1S/C12H13N3O/c13-6-9-10(14)3-4-11-12(9)16-7-8-2-1-5-15(8)11/h3-4,8H,1-2,5,7,14H2/t8-/m1/s1. The van der Waals surface area contributed by atoms with Crippen LogP contribution in [0.1, 0.15) is 18.4 Å². The molecule has 0 radical (unpaired) electrons. The van der Waals surface area contributed by atoms with Crippen molar-refractivity contribution in [3.63, 3.8) is 0 Å². The third-order valence-electron chi connectivity index (χ3n) is 3.39. The molecule has 2 heterocycles. The third kappa shape index (κ3) is 1.15. The second-order valence-electron chi connectivity index (χ2n) is 4.29. The van der Waals surface area contributed by atoms with Gasteiger partial charge in [-0.3, -0.25) is 0 Å². The van der Waals surface area contributed by atoms with Gasteiger partial charge in [-0.2, -0.15) is 5.26 Å². The highest BCUT2D eigenvalue weighted by molar-refractivity contribution is 5.74. The number of anilines is 2. The summed E-state index contributed by atoms with van der Waals surface area (Å²) in [6.07, 6.45) is 2.37. The van der Waals surface area contributed by atoms with Gasteiger partial charge >= 0.3 is 0 Å². The predicted octanol–water partition coefficient (Wildman–Crippen LogP) is 1.50. The van der Waals surface area contributed by atoms with E-state index in [-0.39, 0.29) is 0 Å². The highest BCUT2D eigenvalue weighted by atomic mass is 16.5. The molecule has 3 rings (SSSR count). The molecule has 0 aliphatic carbocycles. The Balaban J connectivity index is 2.15. The van der Waals surface area contributed by atoms with E-state index in [1.54, 1.807) is 6.07 Å². The van der Waals surface area contributed by atoms with Crippen LogP contribution in [0.5, 0.6) is 5.75 Å². The lowest BCUT2D eigenvalue weighted by Crippen LogP contribution is -2.38. The Kier molecular flexibility index (Phi) is 1.93. The highest BCUT2D eigenvalue weighted by Gasteiger charge is 2.33. The first-order valence-electron chi connectivity index (χ1n) is 5.53. The van der Waals surface area contributed by atoms with E-state index in [1.807, 2.05) is 6.07 Å². The molecule has 0 bridgehead atoms. The molecule has 82 valence electrons. The minimum Gasteiger partial charge on any atom is -0.488 e. The summed E-state index contributed by atoms with van der Waals surface area (Å²) < 4.78 is 5.70. The van der Waals surface area contributed by atoms with Crippen LogP contribution in [0.15, 0.2) is 12.1 Å². The zero-order valence-electron chi connectivity index (χ0n) is 8.94. The smallest absolute Gasteiger partial charge is 0.162 e. The van der Waals surface area contributed by atoms with Gasteiger partial charge in [-0.15, -0.1) is 0 Å². The van der Waals surface area contributed by atoms with Crippen molar-refractivity contribution in [3.05, 3.63) is 17.7 Å². The molecule has 4 nitrogen and oxygen atoms in total. The van der Waals surface area contributed by atoms with Gasteiger partial charge in [0.15, 0.2) is 5.75 Å². The molecular weight excluding hydrogens is 202 g/mol. The van der Waals surface area contributed by atoms with E-state index < -0.39 is 0 Å². The molecule has 2 N–H and O–H groups in total. The molecule has 1 saturated heterocycles. The number of rotatable bonds is 0. The normalized spacial score (nSPS) is 21.9. The van der Waals surface area contributed by atoms with Gasteiger partial charge in [0.2, 0.25) is 0 Å². The Bertz CT molecular complexity index is 478. The van der Waals surface area contributed by atoms with Gasteiger partial charge in [-0.1, -0.05) is 0 Å². The number of nitriles is 1. The number of benzene rings is 1. The van der Waals surface area contributed by atoms with Crippen molar-refractivity contribution in [2.45, 2.75) is 18.9 Å². The van der Waals surface area contributed by atoms with Crippen molar-refractivity contribution < 1.29 is 4.74 Å². The van der Waals surface area contributed by atoms with Crippen molar-refractivity contribution in [1.29, 1.82) is 5.26 Å². The molecule has 1 aromatic carbocycles. The van der Waals surface area contributed by atoms with Gasteiger partial charge in [-0.25, -0.2) is 0 Å². The van der Waals surface area contributed by atoms with Crippen LogP contribution in [0.25, 0.3) is 0 Å². The average molecular weight is 215 g/mol. The maximum atomic E-state index is 9.09. The maximum absolute atomic E-state index is 9.09. The van der Waals surface area contributed by atoms with Gasteiger partial charge in [0.25, 0.3) is 0 Å². The summed E-state index contributed by atoms with van der Waals surface area (Å²) >= 11 is 0. The first-order valence-corrected chi connectivity index (χ1v) is 5.53. The molecule has 2 aliphatic rings. The topological polar surface area (TPSA) is 62.3 Å². The van der Waals surface area contributed by atoms with E-state index in [2.05, 4.69) is 11.0 Å². The Morgan fingerprint density at radius 3 is 3.19 bits per heavy atom. The molecule has 1 fully saturated rings. The monoisotopic (exact) mass is 215 g/mol. The molecule has 0 amide bonds. The molecule has 4 heteroatoms. The second kappa shape index (κ2) is 3.31. The summed E-state index contributed by atoms with van der Waals surface area (Å²) in [5.41, 5.74) is 7.77. The molecule has 0 spiro atoms. The summed E-state index contributed by atoms with van der Waals surface area (Å²) in [5.74, 6) is 0.667. The van der Waals surface area contributed by atoms with Crippen molar-refractivity contribution in [3.8, 4) is 11.8 Å². The minimum absolute atomic E-state index is 0.475. The molecule has 1 atom stereocenters. The lowest BCUT2D eigenvalue weighted by atomic mass is 10.1. The van der Waals surface area contributed by atoms with E-state index in [9.17, 15) is 0 Å².